The molecule has 1 aromatic rings. The fourth-order valence-corrected chi connectivity index (χ4v) is 1.82. The van der Waals surface area contributed by atoms with Crippen LogP contribution in [0.15, 0.2) is 18.2 Å². The van der Waals surface area contributed by atoms with E-state index in [1.165, 1.54) is 12.1 Å². The Balaban J connectivity index is 2.06. The van der Waals surface area contributed by atoms with Crippen molar-refractivity contribution < 1.29 is 13.9 Å². The molecule has 0 saturated carbocycles. The van der Waals surface area contributed by atoms with Gasteiger partial charge in [0.15, 0.2) is 0 Å². The van der Waals surface area contributed by atoms with Crippen LogP contribution in [0, 0.1) is 17.7 Å². The second-order valence-electron chi connectivity index (χ2n) is 4.09. The summed E-state index contributed by atoms with van der Waals surface area (Å²) in [5.41, 5.74) is 5.97. The quantitative estimate of drug-likeness (QED) is 0.829. The molecule has 1 saturated heterocycles. The second-order valence-corrected chi connectivity index (χ2v) is 4.09. The molecule has 18 heavy (non-hydrogen) atoms. The van der Waals surface area contributed by atoms with Crippen molar-refractivity contribution in [2.75, 3.05) is 19.8 Å². The molecule has 1 aliphatic heterocycles. The van der Waals surface area contributed by atoms with E-state index in [1.54, 1.807) is 6.07 Å². The molecule has 1 heterocycles. The van der Waals surface area contributed by atoms with Gasteiger partial charge in [-0.05, 0) is 25.0 Å². The summed E-state index contributed by atoms with van der Waals surface area (Å²) in [5.74, 6) is 5.72. The highest BCUT2D eigenvalue weighted by Crippen LogP contribution is 2.21. The molecular weight excluding hydrogens is 233 g/mol. The zero-order chi connectivity index (χ0) is 12.8. The molecule has 3 nitrogen and oxygen atoms in total. The molecule has 0 radical (unpaired) electrons. The molecule has 0 aliphatic carbocycles. The van der Waals surface area contributed by atoms with Gasteiger partial charge in [-0.25, -0.2) is 4.39 Å². The van der Waals surface area contributed by atoms with Crippen LogP contribution < -0.4 is 10.5 Å². The van der Waals surface area contributed by atoms with E-state index in [4.69, 9.17) is 15.2 Å². The van der Waals surface area contributed by atoms with Gasteiger partial charge in [-0.15, -0.1) is 0 Å². The summed E-state index contributed by atoms with van der Waals surface area (Å²) < 4.78 is 24.2. The first-order valence-electron chi connectivity index (χ1n) is 6.02. The van der Waals surface area contributed by atoms with E-state index in [-0.39, 0.29) is 18.5 Å². The number of hydrogen-bond acceptors (Lipinski definition) is 3. The fourth-order valence-electron chi connectivity index (χ4n) is 1.82. The fraction of sp³-hybridized carbons (Fsp3) is 0.429. The molecule has 1 unspecified atom stereocenters. The molecule has 1 atom stereocenters. The molecule has 1 fully saturated rings. The van der Waals surface area contributed by atoms with Crippen LogP contribution in [0.25, 0.3) is 0 Å². The first-order chi connectivity index (χ1) is 8.79. The number of hydrogen-bond donors (Lipinski definition) is 1. The Kier molecular flexibility index (Phi) is 4.57. The van der Waals surface area contributed by atoms with Crippen LogP contribution in [0.5, 0.6) is 5.75 Å². The average molecular weight is 249 g/mol. The molecule has 2 rings (SSSR count). The number of rotatable bonds is 3. The molecule has 1 aromatic carbocycles. The van der Waals surface area contributed by atoms with Gasteiger partial charge >= 0.3 is 0 Å². The number of benzene rings is 1. The van der Waals surface area contributed by atoms with Gasteiger partial charge < -0.3 is 15.2 Å². The van der Waals surface area contributed by atoms with E-state index < -0.39 is 0 Å². The minimum absolute atomic E-state index is 0.101. The van der Waals surface area contributed by atoms with Gasteiger partial charge in [0.2, 0.25) is 0 Å². The van der Waals surface area contributed by atoms with Gasteiger partial charge in [-0.1, -0.05) is 11.8 Å². The lowest BCUT2D eigenvalue weighted by atomic mass is 10.2. The Hall–Kier alpha value is -1.57. The summed E-state index contributed by atoms with van der Waals surface area (Å²) in [6.07, 6.45) is 2.14. The largest absolute Gasteiger partial charge is 0.489 e. The van der Waals surface area contributed by atoms with Gasteiger partial charge in [-0.3, -0.25) is 0 Å². The van der Waals surface area contributed by atoms with E-state index in [1.807, 2.05) is 0 Å². The van der Waals surface area contributed by atoms with E-state index in [9.17, 15) is 4.39 Å². The maximum Gasteiger partial charge on any atom is 0.137 e. The Morgan fingerprint density at radius 3 is 3.11 bits per heavy atom. The van der Waals surface area contributed by atoms with Crippen LogP contribution in [0.3, 0.4) is 0 Å². The van der Waals surface area contributed by atoms with Crippen molar-refractivity contribution in [2.45, 2.75) is 18.9 Å². The topological polar surface area (TPSA) is 44.5 Å². The minimum Gasteiger partial charge on any atom is -0.489 e. The maximum atomic E-state index is 13.2. The number of nitrogens with two attached hydrogens (primary N) is 1. The van der Waals surface area contributed by atoms with Crippen molar-refractivity contribution in [1.29, 1.82) is 0 Å². The summed E-state index contributed by atoms with van der Waals surface area (Å²) in [5, 5.41) is 0. The summed E-state index contributed by atoms with van der Waals surface area (Å²) in [7, 11) is 0. The highest BCUT2D eigenvalue weighted by Gasteiger charge is 2.16. The summed E-state index contributed by atoms with van der Waals surface area (Å²) >= 11 is 0. The van der Waals surface area contributed by atoms with Crippen LogP contribution in [0.2, 0.25) is 0 Å². The summed E-state index contributed by atoms with van der Waals surface area (Å²) in [6.45, 7) is 1.47. The monoisotopic (exact) mass is 249 g/mol. The van der Waals surface area contributed by atoms with Gasteiger partial charge in [-0.2, -0.15) is 0 Å². The Morgan fingerprint density at radius 1 is 1.50 bits per heavy atom. The van der Waals surface area contributed by atoms with E-state index in [2.05, 4.69) is 11.8 Å². The highest BCUT2D eigenvalue weighted by molar-refractivity contribution is 5.46. The standard InChI is InChI=1S/C14H16FNO2/c15-12-6-5-11(3-1-7-16)14(9-12)18-10-13-4-2-8-17-13/h5-6,9,13H,2,4,7-8,10,16H2. The van der Waals surface area contributed by atoms with Crippen molar-refractivity contribution in [1.82, 2.24) is 0 Å². The zero-order valence-corrected chi connectivity index (χ0v) is 10.1. The Morgan fingerprint density at radius 2 is 2.39 bits per heavy atom. The van der Waals surface area contributed by atoms with Crippen molar-refractivity contribution >= 4 is 0 Å². The lowest BCUT2D eigenvalue weighted by Crippen LogP contribution is -2.16. The van der Waals surface area contributed by atoms with Crippen molar-refractivity contribution in [2.24, 2.45) is 5.73 Å². The minimum atomic E-state index is -0.337. The van der Waals surface area contributed by atoms with Crippen LogP contribution in [-0.2, 0) is 4.74 Å². The van der Waals surface area contributed by atoms with Gasteiger partial charge in [0.05, 0.1) is 18.2 Å². The molecule has 2 N–H and O–H groups in total. The third-order valence-corrected chi connectivity index (χ3v) is 2.72. The average Bonchev–Trinajstić information content (AvgIpc) is 2.88. The smallest absolute Gasteiger partial charge is 0.137 e. The molecule has 1 aliphatic rings. The van der Waals surface area contributed by atoms with Gasteiger partial charge in [0, 0.05) is 12.7 Å². The SMILES string of the molecule is NCC#Cc1ccc(F)cc1OCC1CCCO1. The van der Waals surface area contributed by atoms with Gasteiger partial charge in [0.1, 0.15) is 18.2 Å². The molecule has 0 spiro atoms. The van der Waals surface area contributed by atoms with E-state index in [0.717, 1.165) is 19.4 Å². The van der Waals surface area contributed by atoms with Crippen LogP contribution in [0.1, 0.15) is 18.4 Å². The van der Waals surface area contributed by atoms with Crippen molar-refractivity contribution in [3.8, 4) is 17.6 Å². The first kappa shape index (κ1) is 12.9. The lowest BCUT2D eigenvalue weighted by Gasteiger charge is -2.12. The predicted molar refractivity (Wildman–Crippen MR) is 66.8 cm³/mol. The van der Waals surface area contributed by atoms with E-state index >= 15 is 0 Å². The molecule has 4 heteroatoms. The third-order valence-electron chi connectivity index (χ3n) is 2.72. The summed E-state index contributed by atoms with van der Waals surface area (Å²) in [6, 6.07) is 4.30. The molecule has 0 amide bonds. The number of ether oxygens (including phenoxy) is 2. The predicted octanol–water partition coefficient (Wildman–Crippen LogP) is 1.69. The zero-order valence-electron chi connectivity index (χ0n) is 10.1. The highest BCUT2D eigenvalue weighted by atomic mass is 19.1. The Labute approximate surface area is 106 Å². The molecular formula is C14H16FNO2. The third kappa shape index (κ3) is 3.46. The van der Waals surface area contributed by atoms with Crippen LogP contribution in [-0.4, -0.2) is 25.9 Å². The van der Waals surface area contributed by atoms with E-state index in [0.29, 0.717) is 17.9 Å². The van der Waals surface area contributed by atoms with Crippen LogP contribution in [0.4, 0.5) is 4.39 Å². The summed E-state index contributed by atoms with van der Waals surface area (Å²) in [4.78, 5) is 0. The number of halogens is 1. The van der Waals surface area contributed by atoms with Gasteiger partial charge in [0.25, 0.3) is 0 Å². The molecule has 0 aromatic heterocycles. The second kappa shape index (κ2) is 6.39. The molecule has 96 valence electrons. The van der Waals surface area contributed by atoms with Crippen LogP contribution >= 0.6 is 0 Å². The normalized spacial score (nSPS) is 18.2. The Bertz CT molecular complexity index is 459. The lowest BCUT2D eigenvalue weighted by molar-refractivity contribution is 0.0677. The first-order valence-corrected chi connectivity index (χ1v) is 6.02. The maximum absolute atomic E-state index is 13.2. The van der Waals surface area contributed by atoms with Crippen molar-refractivity contribution in [3.05, 3.63) is 29.6 Å². The van der Waals surface area contributed by atoms with Crippen molar-refractivity contribution in [3.63, 3.8) is 0 Å². The molecule has 0 bridgehead atoms.